The second kappa shape index (κ2) is 6.10. The molecule has 104 valence electrons. The highest BCUT2D eigenvalue weighted by Crippen LogP contribution is 2.22. The van der Waals surface area contributed by atoms with Crippen LogP contribution in [0.1, 0.15) is 21.5 Å². The zero-order chi connectivity index (χ0) is 14.5. The molecule has 2 aromatic rings. The quantitative estimate of drug-likeness (QED) is 0.686. The molecule has 0 fully saturated rings. The molecule has 0 atom stereocenters. The first-order valence-electron chi connectivity index (χ1n) is 6.26. The van der Waals surface area contributed by atoms with Crippen LogP contribution in [0.3, 0.4) is 0 Å². The number of aryl methyl sites for hydroxylation is 1. The van der Waals surface area contributed by atoms with Gasteiger partial charge in [-0.15, -0.1) is 0 Å². The van der Waals surface area contributed by atoms with Crippen molar-refractivity contribution >= 4 is 11.7 Å². The molecule has 2 rings (SSSR count). The molecule has 0 amide bonds. The zero-order valence-electron chi connectivity index (χ0n) is 11.6. The fourth-order valence-corrected chi connectivity index (χ4v) is 1.79. The number of methoxy groups -OCH3 is 1. The Morgan fingerprint density at radius 2 is 1.85 bits per heavy atom. The van der Waals surface area contributed by atoms with E-state index in [0.29, 0.717) is 17.9 Å². The molecule has 0 aliphatic rings. The van der Waals surface area contributed by atoms with E-state index in [1.165, 1.54) is 7.11 Å². The van der Waals surface area contributed by atoms with Crippen LogP contribution in [0.2, 0.25) is 0 Å². The lowest BCUT2D eigenvalue weighted by molar-refractivity contribution is 0.0600. The summed E-state index contributed by atoms with van der Waals surface area (Å²) in [6, 6.07) is 12.7. The summed E-state index contributed by atoms with van der Waals surface area (Å²) in [5.74, 6) is 0.422. The number of carbonyl (C=O) groups is 1. The zero-order valence-corrected chi connectivity index (χ0v) is 11.6. The molecule has 0 saturated heterocycles. The van der Waals surface area contributed by atoms with E-state index in [0.717, 1.165) is 16.9 Å². The lowest BCUT2D eigenvalue weighted by Crippen LogP contribution is -2.02. The molecule has 2 aromatic carbocycles. The van der Waals surface area contributed by atoms with E-state index in [4.69, 9.17) is 10.5 Å². The van der Waals surface area contributed by atoms with Crippen LogP contribution < -0.4 is 10.5 Å². The summed E-state index contributed by atoms with van der Waals surface area (Å²) >= 11 is 0. The number of anilines is 1. The second-order valence-electron chi connectivity index (χ2n) is 4.50. The van der Waals surface area contributed by atoms with Gasteiger partial charge in [0.05, 0.1) is 12.7 Å². The van der Waals surface area contributed by atoms with Gasteiger partial charge in [-0.3, -0.25) is 0 Å². The second-order valence-corrected chi connectivity index (χ2v) is 4.50. The van der Waals surface area contributed by atoms with Crippen LogP contribution in [0.5, 0.6) is 5.75 Å². The summed E-state index contributed by atoms with van der Waals surface area (Å²) < 4.78 is 10.4. The number of rotatable bonds is 4. The molecule has 0 aromatic heterocycles. The van der Waals surface area contributed by atoms with Gasteiger partial charge in [0, 0.05) is 11.8 Å². The molecule has 0 spiro atoms. The summed E-state index contributed by atoms with van der Waals surface area (Å²) in [4.78, 5) is 11.3. The number of hydrogen-bond donors (Lipinski definition) is 1. The molecule has 0 saturated carbocycles. The van der Waals surface area contributed by atoms with Crippen LogP contribution in [0.25, 0.3) is 0 Å². The summed E-state index contributed by atoms with van der Waals surface area (Å²) in [6.07, 6.45) is 0. The third-order valence-corrected chi connectivity index (χ3v) is 2.98. The molecule has 0 bridgehead atoms. The van der Waals surface area contributed by atoms with Gasteiger partial charge in [0.1, 0.15) is 12.4 Å². The molecular formula is C16H17NO3. The van der Waals surface area contributed by atoms with Crippen LogP contribution in [-0.2, 0) is 11.3 Å². The minimum atomic E-state index is -0.343. The summed E-state index contributed by atoms with van der Waals surface area (Å²) in [6.45, 7) is 2.39. The van der Waals surface area contributed by atoms with Crippen molar-refractivity contribution in [1.29, 1.82) is 0 Å². The first-order chi connectivity index (χ1) is 9.60. The first kappa shape index (κ1) is 13.9. The SMILES string of the molecule is COC(=O)c1ccc(COc2cc(N)ccc2C)cc1. The minimum Gasteiger partial charge on any atom is -0.489 e. The van der Waals surface area contributed by atoms with Gasteiger partial charge in [-0.1, -0.05) is 18.2 Å². The van der Waals surface area contributed by atoms with Gasteiger partial charge >= 0.3 is 5.97 Å². The standard InChI is InChI=1S/C16H17NO3/c1-11-3-8-14(17)9-15(11)20-10-12-4-6-13(7-5-12)16(18)19-2/h3-9H,10,17H2,1-2H3. The van der Waals surface area contributed by atoms with Crippen molar-refractivity contribution in [2.24, 2.45) is 0 Å². The smallest absolute Gasteiger partial charge is 0.337 e. The Bertz CT molecular complexity index is 606. The maximum atomic E-state index is 11.3. The molecule has 0 aliphatic carbocycles. The van der Waals surface area contributed by atoms with E-state index in [9.17, 15) is 4.79 Å². The number of ether oxygens (including phenoxy) is 2. The summed E-state index contributed by atoms with van der Waals surface area (Å²) in [7, 11) is 1.36. The minimum absolute atomic E-state index is 0.343. The fourth-order valence-electron chi connectivity index (χ4n) is 1.79. The third-order valence-electron chi connectivity index (χ3n) is 2.98. The first-order valence-corrected chi connectivity index (χ1v) is 6.26. The molecule has 0 unspecified atom stereocenters. The Hall–Kier alpha value is -2.49. The summed E-state index contributed by atoms with van der Waals surface area (Å²) in [5.41, 5.74) is 8.94. The van der Waals surface area contributed by atoms with Crippen molar-refractivity contribution in [1.82, 2.24) is 0 Å². The molecule has 0 heterocycles. The Labute approximate surface area is 118 Å². The average Bonchev–Trinajstić information content (AvgIpc) is 2.48. The molecule has 0 radical (unpaired) electrons. The van der Waals surface area contributed by atoms with Crippen molar-refractivity contribution in [3.05, 3.63) is 59.2 Å². The number of carbonyl (C=O) groups excluding carboxylic acids is 1. The molecule has 0 aliphatic heterocycles. The van der Waals surface area contributed by atoms with E-state index in [1.807, 2.05) is 31.2 Å². The van der Waals surface area contributed by atoms with Gasteiger partial charge in [-0.2, -0.15) is 0 Å². The third kappa shape index (κ3) is 3.29. The summed E-state index contributed by atoms with van der Waals surface area (Å²) in [5, 5.41) is 0. The largest absolute Gasteiger partial charge is 0.489 e. The fraction of sp³-hybridized carbons (Fsp3) is 0.188. The van der Waals surface area contributed by atoms with E-state index in [1.54, 1.807) is 18.2 Å². The Morgan fingerprint density at radius 3 is 2.50 bits per heavy atom. The van der Waals surface area contributed by atoms with Crippen LogP contribution in [0.15, 0.2) is 42.5 Å². The Kier molecular flexibility index (Phi) is 4.25. The van der Waals surface area contributed by atoms with Crippen molar-refractivity contribution in [2.75, 3.05) is 12.8 Å². The van der Waals surface area contributed by atoms with Crippen LogP contribution in [0, 0.1) is 6.92 Å². The van der Waals surface area contributed by atoms with Gasteiger partial charge in [-0.05, 0) is 36.2 Å². The lowest BCUT2D eigenvalue weighted by Gasteiger charge is -2.10. The van der Waals surface area contributed by atoms with E-state index in [-0.39, 0.29) is 5.97 Å². The van der Waals surface area contributed by atoms with Crippen LogP contribution in [-0.4, -0.2) is 13.1 Å². The van der Waals surface area contributed by atoms with Gasteiger partial charge in [-0.25, -0.2) is 4.79 Å². The van der Waals surface area contributed by atoms with Crippen molar-refractivity contribution in [3.8, 4) is 5.75 Å². The van der Waals surface area contributed by atoms with Gasteiger partial charge < -0.3 is 15.2 Å². The van der Waals surface area contributed by atoms with Crippen LogP contribution in [0.4, 0.5) is 5.69 Å². The van der Waals surface area contributed by atoms with Crippen LogP contribution >= 0.6 is 0 Å². The van der Waals surface area contributed by atoms with E-state index < -0.39 is 0 Å². The number of benzene rings is 2. The van der Waals surface area contributed by atoms with Gasteiger partial charge in [0.2, 0.25) is 0 Å². The number of hydrogen-bond acceptors (Lipinski definition) is 4. The monoisotopic (exact) mass is 271 g/mol. The van der Waals surface area contributed by atoms with Crippen molar-refractivity contribution in [2.45, 2.75) is 13.5 Å². The highest BCUT2D eigenvalue weighted by molar-refractivity contribution is 5.89. The van der Waals surface area contributed by atoms with Crippen molar-refractivity contribution < 1.29 is 14.3 Å². The van der Waals surface area contributed by atoms with E-state index in [2.05, 4.69) is 4.74 Å². The number of esters is 1. The normalized spacial score (nSPS) is 10.1. The highest BCUT2D eigenvalue weighted by atomic mass is 16.5. The topological polar surface area (TPSA) is 61.5 Å². The molecular weight excluding hydrogens is 254 g/mol. The van der Waals surface area contributed by atoms with Gasteiger partial charge in [0.25, 0.3) is 0 Å². The molecule has 20 heavy (non-hydrogen) atoms. The van der Waals surface area contributed by atoms with Gasteiger partial charge in [0.15, 0.2) is 0 Å². The predicted molar refractivity (Wildman–Crippen MR) is 77.7 cm³/mol. The number of nitrogen functional groups attached to an aromatic ring is 1. The predicted octanol–water partition coefficient (Wildman–Crippen LogP) is 2.94. The van der Waals surface area contributed by atoms with Crippen molar-refractivity contribution in [3.63, 3.8) is 0 Å². The number of nitrogens with two attached hydrogens (primary N) is 1. The molecule has 4 nitrogen and oxygen atoms in total. The molecule has 2 N–H and O–H groups in total. The maximum absolute atomic E-state index is 11.3. The highest BCUT2D eigenvalue weighted by Gasteiger charge is 2.05. The maximum Gasteiger partial charge on any atom is 0.337 e. The Balaban J connectivity index is 2.04. The van der Waals surface area contributed by atoms with E-state index >= 15 is 0 Å². The Morgan fingerprint density at radius 1 is 1.15 bits per heavy atom. The molecule has 4 heteroatoms. The lowest BCUT2D eigenvalue weighted by atomic mass is 10.1. The average molecular weight is 271 g/mol.